The zero-order valence-electron chi connectivity index (χ0n) is 8.77. The fraction of sp³-hybridized carbons (Fsp3) is 0.750. The molecule has 2 atom stereocenters. The van der Waals surface area contributed by atoms with Gasteiger partial charge in [0.25, 0.3) is 0 Å². The predicted octanol–water partition coefficient (Wildman–Crippen LogP) is 0.104. The minimum Gasteiger partial charge on any atom is -0.481 e. The zero-order valence-corrected chi connectivity index (χ0v) is 8.77. The zero-order chi connectivity index (χ0) is 11.3. The van der Waals surface area contributed by atoms with E-state index in [1.54, 1.807) is 0 Å². The lowest BCUT2D eigenvalue weighted by Gasteiger charge is -2.16. The molecule has 0 aliphatic rings. The first-order valence-electron chi connectivity index (χ1n) is 4.80. The summed E-state index contributed by atoms with van der Waals surface area (Å²) in [4.78, 5) is 10.4. The third-order valence-corrected chi connectivity index (χ3v) is 2.07. The molecule has 1 aromatic heterocycles. The van der Waals surface area contributed by atoms with Crippen LogP contribution in [0.5, 0.6) is 0 Å². The molecule has 84 valence electrons. The van der Waals surface area contributed by atoms with Crippen molar-refractivity contribution >= 4 is 5.97 Å². The van der Waals surface area contributed by atoms with Gasteiger partial charge in [0, 0.05) is 12.5 Å². The standard InChI is InChI=1S/C8H15N5O2/c1-5(3-4-7(14)15)9-6(2)8-10-12-13-11-8/h5-6,9H,3-4H2,1-2H3,(H,14,15)(H,10,11,12,13). The lowest BCUT2D eigenvalue weighted by molar-refractivity contribution is -0.137. The average molecular weight is 213 g/mol. The lowest BCUT2D eigenvalue weighted by atomic mass is 10.1. The minimum atomic E-state index is -0.782. The molecule has 15 heavy (non-hydrogen) atoms. The number of nitrogens with zero attached hydrogens (tertiary/aromatic N) is 3. The van der Waals surface area contributed by atoms with Crippen LogP contribution in [-0.2, 0) is 4.79 Å². The number of aromatic amines is 1. The van der Waals surface area contributed by atoms with E-state index in [0.717, 1.165) is 0 Å². The molecular weight excluding hydrogens is 198 g/mol. The molecule has 0 aromatic carbocycles. The van der Waals surface area contributed by atoms with Crippen molar-refractivity contribution in [1.82, 2.24) is 25.9 Å². The summed E-state index contributed by atoms with van der Waals surface area (Å²) in [5, 5.41) is 25.2. The van der Waals surface area contributed by atoms with Crippen molar-refractivity contribution < 1.29 is 9.90 Å². The van der Waals surface area contributed by atoms with Crippen molar-refractivity contribution in [3.8, 4) is 0 Å². The molecule has 0 aliphatic heterocycles. The van der Waals surface area contributed by atoms with Crippen molar-refractivity contribution in [3.63, 3.8) is 0 Å². The van der Waals surface area contributed by atoms with Gasteiger partial charge in [-0.3, -0.25) is 4.79 Å². The number of carbonyl (C=O) groups is 1. The van der Waals surface area contributed by atoms with Crippen LogP contribution >= 0.6 is 0 Å². The number of nitrogens with one attached hydrogen (secondary N) is 2. The molecule has 1 rings (SSSR count). The maximum atomic E-state index is 10.4. The van der Waals surface area contributed by atoms with E-state index in [4.69, 9.17) is 5.11 Å². The number of H-pyrrole nitrogens is 1. The molecule has 0 bridgehead atoms. The van der Waals surface area contributed by atoms with Crippen molar-refractivity contribution in [2.24, 2.45) is 0 Å². The van der Waals surface area contributed by atoms with E-state index in [0.29, 0.717) is 12.2 Å². The maximum Gasteiger partial charge on any atom is 0.303 e. The quantitative estimate of drug-likeness (QED) is 0.619. The highest BCUT2D eigenvalue weighted by molar-refractivity contribution is 5.66. The third-order valence-electron chi connectivity index (χ3n) is 2.07. The number of aliphatic carboxylic acids is 1. The van der Waals surface area contributed by atoms with Crippen molar-refractivity contribution in [2.45, 2.75) is 38.8 Å². The van der Waals surface area contributed by atoms with Crippen LogP contribution in [0.3, 0.4) is 0 Å². The topological polar surface area (TPSA) is 104 Å². The summed E-state index contributed by atoms with van der Waals surface area (Å²) in [7, 11) is 0. The largest absolute Gasteiger partial charge is 0.481 e. The molecule has 0 spiro atoms. The first kappa shape index (κ1) is 11.6. The Bertz CT molecular complexity index is 300. The summed E-state index contributed by atoms with van der Waals surface area (Å²) in [6.45, 7) is 3.83. The van der Waals surface area contributed by atoms with Crippen molar-refractivity contribution in [1.29, 1.82) is 0 Å². The summed E-state index contributed by atoms with van der Waals surface area (Å²) >= 11 is 0. The average Bonchev–Trinajstić information content (AvgIpc) is 2.67. The highest BCUT2D eigenvalue weighted by Crippen LogP contribution is 2.07. The summed E-state index contributed by atoms with van der Waals surface area (Å²) in [5.74, 6) is -0.201. The van der Waals surface area contributed by atoms with Gasteiger partial charge in [0.15, 0.2) is 5.82 Å². The van der Waals surface area contributed by atoms with Crippen LogP contribution in [0.2, 0.25) is 0 Å². The number of carboxylic acids is 1. The molecule has 0 saturated heterocycles. The number of hydrogen-bond donors (Lipinski definition) is 3. The molecule has 0 saturated carbocycles. The fourth-order valence-corrected chi connectivity index (χ4v) is 1.28. The second kappa shape index (κ2) is 5.40. The van der Waals surface area contributed by atoms with Crippen LogP contribution in [0, 0.1) is 0 Å². The molecule has 1 aromatic rings. The van der Waals surface area contributed by atoms with Crippen LogP contribution in [0.15, 0.2) is 0 Å². The van der Waals surface area contributed by atoms with E-state index < -0.39 is 5.97 Å². The second-order valence-electron chi connectivity index (χ2n) is 3.49. The summed E-state index contributed by atoms with van der Waals surface area (Å²) < 4.78 is 0. The van der Waals surface area contributed by atoms with Gasteiger partial charge in [-0.05, 0) is 20.3 Å². The molecule has 1 heterocycles. The Labute approximate surface area is 87.3 Å². The first-order chi connectivity index (χ1) is 7.09. The van der Waals surface area contributed by atoms with Crippen molar-refractivity contribution in [3.05, 3.63) is 5.82 Å². The number of tetrazole rings is 1. The van der Waals surface area contributed by atoms with E-state index in [2.05, 4.69) is 25.9 Å². The first-order valence-corrected chi connectivity index (χ1v) is 4.80. The number of rotatable bonds is 6. The molecule has 7 nitrogen and oxygen atoms in total. The Hall–Kier alpha value is -1.50. The SMILES string of the molecule is CC(CCC(=O)O)NC(C)c1nn[nH]n1. The minimum absolute atomic E-state index is 0.0347. The van der Waals surface area contributed by atoms with Gasteiger partial charge >= 0.3 is 5.97 Å². The molecule has 3 N–H and O–H groups in total. The maximum absolute atomic E-state index is 10.4. The lowest BCUT2D eigenvalue weighted by Crippen LogP contribution is -2.30. The van der Waals surface area contributed by atoms with E-state index in [1.807, 2.05) is 13.8 Å². The Balaban J connectivity index is 2.31. The second-order valence-corrected chi connectivity index (χ2v) is 3.49. The van der Waals surface area contributed by atoms with E-state index in [-0.39, 0.29) is 18.5 Å². The Kier molecular flexibility index (Phi) is 4.17. The highest BCUT2D eigenvalue weighted by atomic mass is 16.4. The number of aromatic nitrogens is 4. The molecule has 0 fully saturated rings. The van der Waals surface area contributed by atoms with Gasteiger partial charge in [-0.1, -0.05) is 5.21 Å². The monoisotopic (exact) mass is 213 g/mol. The van der Waals surface area contributed by atoms with Crippen LogP contribution in [0.25, 0.3) is 0 Å². The van der Waals surface area contributed by atoms with E-state index in [9.17, 15) is 4.79 Å². The van der Waals surface area contributed by atoms with Gasteiger partial charge in [0.1, 0.15) is 0 Å². The molecule has 0 amide bonds. The number of hydrogen-bond acceptors (Lipinski definition) is 5. The summed E-state index contributed by atoms with van der Waals surface area (Å²) in [6.07, 6.45) is 0.741. The van der Waals surface area contributed by atoms with E-state index in [1.165, 1.54) is 0 Å². The molecule has 0 radical (unpaired) electrons. The highest BCUT2D eigenvalue weighted by Gasteiger charge is 2.13. The van der Waals surface area contributed by atoms with Gasteiger partial charge in [-0.2, -0.15) is 5.21 Å². The molecule has 0 aliphatic carbocycles. The van der Waals surface area contributed by atoms with Crippen LogP contribution in [0.4, 0.5) is 0 Å². The van der Waals surface area contributed by atoms with Crippen molar-refractivity contribution in [2.75, 3.05) is 0 Å². The van der Waals surface area contributed by atoms with Crippen LogP contribution in [0.1, 0.15) is 38.6 Å². The fourth-order valence-electron chi connectivity index (χ4n) is 1.28. The van der Waals surface area contributed by atoms with Gasteiger partial charge < -0.3 is 10.4 Å². The Morgan fingerprint density at radius 1 is 1.60 bits per heavy atom. The molecule has 7 heteroatoms. The van der Waals surface area contributed by atoms with Gasteiger partial charge in [-0.15, -0.1) is 10.2 Å². The van der Waals surface area contributed by atoms with Gasteiger partial charge in [-0.25, -0.2) is 0 Å². The third kappa shape index (κ3) is 4.03. The summed E-state index contributed by atoms with van der Waals surface area (Å²) in [5.41, 5.74) is 0. The molecule has 2 unspecified atom stereocenters. The van der Waals surface area contributed by atoms with Gasteiger partial charge in [0.05, 0.1) is 6.04 Å². The number of carboxylic acid groups (broad SMARTS) is 1. The van der Waals surface area contributed by atoms with Crippen LogP contribution in [-0.4, -0.2) is 37.7 Å². The summed E-state index contributed by atoms with van der Waals surface area (Å²) in [6, 6.07) is 0.0714. The smallest absolute Gasteiger partial charge is 0.303 e. The van der Waals surface area contributed by atoms with Gasteiger partial charge in [0.2, 0.25) is 0 Å². The normalized spacial score (nSPS) is 14.8. The molecular formula is C8H15N5O2. The van der Waals surface area contributed by atoms with E-state index >= 15 is 0 Å². The predicted molar refractivity (Wildman–Crippen MR) is 52.1 cm³/mol. The van der Waals surface area contributed by atoms with Crippen LogP contribution < -0.4 is 5.32 Å². The Morgan fingerprint density at radius 2 is 2.33 bits per heavy atom. The Morgan fingerprint density at radius 3 is 2.87 bits per heavy atom.